The standard InChI is InChI=1S/C23H15N3O3S/c27-20(12-30-23-25-18-7-3-4-8-19(18)26-23)24-13-9-10-16-17(11-13)22(29)15-6-2-1-5-14(15)21(16)28/h1-11H,12H2,(H,24,27)(H,25,26). The van der Waals surface area contributed by atoms with E-state index in [1.54, 1.807) is 42.5 Å². The third-order valence-electron chi connectivity index (χ3n) is 4.92. The molecule has 6 nitrogen and oxygen atoms in total. The number of hydrogen-bond donors (Lipinski definition) is 2. The van der Waals surface area contributed by atoms with Gasteiger partial charge in [0.25, 0.3) is 0 Å². The molecule has 7 heteroatoms. The van der Waals surface area contributed by atoms with Crippen LogP contribution < -0.4 is 5.32 Å². The number of nitrogens with zero attached hydrogens (tertiary/aromatic N) is 1. The zero-order valence-corrected chi connectivity index (χ0v) is 16.5. The van der Waals surface area contributed by atoms with Crippen molar-refractivity contribution in [1.82, 2.24) is 9.97 Å². The Hall–Kier alpha value is -3.71. The summed E-state index contributed by atoms with van der Waals surface area (Å²) in [6.45, 7) is 0. The van der Waals surface area contributed by atoms with Crippen LogP contribution in [0.15, 0.2) is 71.9 Å². The fourth-order valence-corrected chi connectivity index (χ4v) is 4.19. The van der Waals surface area contributed by atoms with Crippen LogP contribution in [0.5, 0.6) is 0 Å². The molecule has 3 aromatic carbocycles. The highest BCUT2D eigenvalue weighted by Crippen LogP contribution is 2.29. The Morgan fingerprint density at radius 1 is 0.867 bits per heavy atom. The molecule has 0 atom stereocenters. The molecule has 146 valence electrons. The summed E-state index contributed by atoms with van der Waals surface area (Å²) in [4.78, 5) is 45.5. The van der Waals surface area contributed by atoms with E-state index in [1.807, 2.05) is 24.3 Å². The Morgan fingerprint density at radius 2 is 1.53 bits per heavy atom. The first-order valence-corrected chi connectivity index (χ1v) is 10.3. The lowest BCUT2D eigenvalue weighted by Crippen LogP contribution is -2.21. The number of H-pyrrole nitrogens is 1. The average molecular weight is 413 g/mol. The van der Waals surface area contributed by atoms with Crippen LogP contribution in [0.3, 0.4) is 0 Å². The number of benzene rings is 3. The fourth-order valence-electron chi connectivity index (χ4n) is 3.51. The predicted octanol–water partition coefficient (Wildman–Crippen LogP) is 4.07. The van der Waals surface area contributed by atoms with E-state index in [0.717, 1.165) is 11.0 Å². The average Bonchev–Trinajstić information content (AvgIpc) is 3.19. The quantitative estimate of drug-likeness (QED) is 0.434. The molecule has 0 saturated heterocycles. The van der Waals surface area contributed by atoms with Crippen LogP contribution in [0.25, 0.3) is 11.0 Å². The number of para-hydroxylation sites is 2. The van der Waals surface area contributed by atoms with Crippen LogP contribution in [0.1, 0.15) is 31.8 Å². The Labute approximate surface area is 175 Å². The number of thioether (sulfide) groups is 1. The summed E-state index contributed by atoms with van der Waals surface area (Å²) in [6.07, 6.45) is 0. The van der Waals surface area contributed by atoms with Crippen molar-refractivity contribution in [2.45, 2.75) is 5.16 Å². The molecule has 0 fully saturated rings. The van der Waals surface area contributed by atoms with Crippen molar-refractivity contribution < 1.29 is 14.4 Å². The largest absolute Gasteiger partial charge is 0.333 e. The lowest BCUT2D eigenvalue weighted by Gasteiger charge is -2.18. The zero-order chi connectivity index (χ0) is 20.7. The van der Waals surface area contributed by atoms with Crippen LogP contribution in [0.2, 0.25) is 0 Å². The van der Waals surface area contributed by atoms with Crippen molar-refractivity contribution >= 4 is 46.0 Å². The summed E-state index contributed by atoms with van der Waals surface area (Å²) < 4.78 is 0. The van der Waals surface area contributed by atoms with Crippen LogP contribution in [-0.4, -0.2) is 33.2 Å². The molecule has 1 aliphatic carbocycles. The summed E-state index contributed by atoms with van der Waals surface area (Å²) in [7, 11) is 0. The highest BCUT2D eigenvalue weighted by atomic mass is 32.2. The molecule has 1 aliphatic rings. The van der Waals surface area contributed by atoms with Gasteiger partial charge in [-0.25, -0.2) is 4.98 Å². The van der Waals surface area contributed by atoms with Crippen molar-refractivity contribution in [2.24, 2.45) is 0 Å². The summed E-state index contributed by atoms with van der Waals surface area (Å²) in [5.41, 5.74) is 3.70. The number of imidazole rings is 1. The van der Waals surface area contributed by atoms with Crippen molar-refractivity contribution in [1.29, 1.82) is 0 Å². The molecule has 0 spiro atoms. The number of aromatic amines is 1. The first-order valence-electron chi connectivity index (χ1n) is 9.30. The maximum atomic E-state index is 12.8. The van der Waals surface area contributed by atoms with Crippen molar-refractivity contribution in [3.05, 3.63) is 89.0 Å². The topological polar surface area (TPSA) is 91.9 Å². The lowest BCUT2D eigenvalue weighted by atomic mass is 9.84. The van der Waals surface area contributed by atoms with E-state index in [2.05, 4.69) is 15.3 Å². The van der Waals surface area contributed by atoms with Gasteiger partial charge in [-0.3, -0.25) is 14.4 Å². The summed E-state index contributed by atoms with van der Waals surface area (Å²) in [5.74, 6) is -0.464. The van der Waals surface area contributed by atoms with Gasteiger partial charge in [0, 0.05) is 27.9 Å². The molecular weight excluding hydrogens is 398 g/mol. The number of hydrogen-bond acceptors (Lipinski definition) is 5. The molecule has 5 rings (SSSR count). The summed E-state index contributed by atoms with van der Waals surface area (Å²) in [6, 6.07) is 19.2. The van der Waals surface area contributed by atoms with Gasteiger partial charge in [-0.05, 0) is 30.3 Å². The van der Waals surface area contributed by atoms with Crippen LogP contribution in [0.4, 0.5) is 5.69 Å². The minimum Gasteiger partial charge on any atom is -0.333 e. The molecule has 0 aliphatic heterocycles. The summed E-state index contributed by atoms with van der Waals surface area (Å²) in [5, 5.41) is 3.45. The van der Waals surface area contributed by atoms with Gasteiger partial charge in [-0.1, -0.05) is 48.2 Å². The Kier molecular flexibility index (Phi) is 4.44. The zero-order valence-electron chi connectivity index (χ0n) is 15.6. The lowest BCUT2D eigenvalue weighted by molar-refractivity contribution is -0.113. The van der Waals surface area contributed by atoms with E-state index < -0.39 is 0 Å². The van der Waals surface area contributed by atoms with Gasteiger partial charge >= 0.3 is 0 Å². The Balaban J connectivity index is 1.31. The van der Waals surface area contributed by atoms with Crippen LogP contribution in [-0.2, 0) is 4.79 Å². The second-order valence-corrected chi connectivity index (χ2v) is 7.82. The molecule has 1 amide bonds. The van der Waals surface area contributed by atoms with E-state index in [-0.39, 0.29) is 23.2 Å². The monoisotopic (exact) mass is 413 g/mol. The maximum Gasteiger partial charge on any atom is 0.234 e. The van der Waals surface area contributed by atoms with Gasteiger partial charge < -0.3 is 10.3 Å². The number of carbonyl (C=O) groups excluding carboxylic acids is 3. The predicted molar refractivity (Wildman–Crippen MR) is 115 cm³/mol. The van der Waals surface area contributed by atoms with E-state index in [1.165, 1.54) is 11.8 Å². The third-order valence-corrected chi connectivity index (χ3v) is 5.79. The SMILES string of the molecule is O=C(CSc1nc2ccccc2[nH]1)Nc1ccc2c(c1)C(=O)c1ccccc1C2=O. The van der Waals surface area contributed by atoms with Gasteiger partial charge in [0.2, 0.25) is 5.91 Å². The first kappa shape index (κ1) is 18.3. The van der Waals surface area contributed by atoms with Gasteiger partial charge in [0.1, 0.15) is 0 Å². The number of carbonyl (C=O) groups is 3. The number of anilines is 1. The number of ketones is 2. The molecule has 30 heavy (non-hydrogen) atoms. The van der Waals surface area contributed by atoms with Gasteiger partial charge in [-0.2, -0.15) is 0 Å². The summed E-state index contributed by atoms with van der Waals surface area (Å²) >= 11 is 1.29. The minimum atomic E-state index is -0.226. The smallest absolute Gasteiger partial charge is 0.234 e. The number of nitrogens with one attached hydrogen (secondary N) is 2. The molecule has 0 unspecified atom stereocenters. The molecule has 4 aromatic rings. The third kappa shape index (κ3) is 3.19. The van der Waals surface area contributed by atoms with Gasteiger partial charge in [-0.15, -0.1) is 0 Å². The van der Waals surface area contributed by atoms with Crippen LogP contribution in [0, 0.1) is 0 Å². The second kappa shape index (κ2) is 7.27. The number of fused-ring (bicyclic) bond motifs is 3. The van der Waals surface area contributed by atoms with E-state index >= 15 is 0 Å². The molecule has 2 N–H and O–H groups in total. The number of amides is 1. The van der Waals surface area contributed by atoms with Crippen molar-refractivity contribution in [3.63, 3.8) is 0 Å². The van der Waals surface area contributed by atoms with Gasteiger partial charge in [0.15, 0.2) is 16.7 Å². The van der Waals surface area contributed by atoms with E-state index in [9.17, 15) is 14.4 Å². The Bertz CT molecular complexity index is 1310. The van der Waals surface area contributed by atoms with Crippen LogP contribution >= 0.6 is 11.8 Å². The molecule has 1 heterocycles. The van der Waals surface area contributed by atoms with Crippen molar-refractivity contribution in [3.8, 4) is 0 Å². The first-order chi connectivity index (χ1) is 14.6. The van der Waals surface area contributed by atoms with Gasteiger partial charge in [0.05, 0.1) is 16.8 Å². The van der Waals surface area contributed by atoms with E-state index in [0.29, 0.717) is 33.1 Å². The molecule has 0 saturated carbocycles. The molecule has 0 bridgehead atoms. The normalized spacial score (nSPS) is 12.5. The minimum absolute atomic E-state index is 0.159. The van der Waals surface area contributed by atoms with Crippen molar-refractivity contribution in [2.75, 3.05) is 11.1 Å². The second-order valence-electron chi connectivity index (χ2n) is 6.86. The van der Waals surface area contributed by atoms with E-state index in [4.69, 9.17) is 0 Å². The highest BCUT2D eigenvalue weighted by molar-refractivity contribution is 7.99. The molecule has 0 radical (unpaired) electrons. The Morgan fingerprint density at radius 3 is 2.30 bits per heavy atom. The molecular formula is C23H15N3O3S. The highest BCUT2D eigenvalue weighted by Gasteiger charge is 2.29. The number of aromatic nitrogens is 2. The molecule has 1 aromatic heterocycles. The fraction of sp³-hybridized carbons (Fsp3) is 0.0435. The maximum absolute atomic E-state index is 12.8. The number of rotatable bonds is 4.